The molecular weight excluding hydrogens is 660 g/mol. The van der Waals surface area contributed by atoms with E-state index in [4.69, 9.17) is 23.7 Å². The molecule has 2 unspecified atom stereocenters. The van der Waals surface area contributed by atoms with Gasteiger partial charge in [-0.3, -0.25) is 9.59 Å². The molecule has 280 valence electrons. The SMILES string of the molecule is CC(C)(C)C(=O)OC1CNN(C(=O)OCc2ccccc2)C1.CC(C)(C)OC(=O)N1CC(OC(=O)C(C)(C)C)CN1C(=O)OCc1ccccc1. The number of amides is 3. The zero-order valence-electron chi connectivity index (χ0n) is 31.1. The van der Waals surface area contributed by atoms with Gasteiger partial charge in [-0.2, -0.15) is 0 Å². The number of nitrogens with zero attached hydrogens (tertiary/aromatic N) is 3. The molecule has 0 aromatic heterocycles. The molecule has 0 bridgehead atoms. The van der Waals surface area contributed by atoms with E-state index in [1.54, 1.807) is 62.3 Å². The highest BCUT2D eigenvalue weighted by atomic mass is 16.6. The first-order chi connectivity index (χ1) is 23.7. The van der Waals surface area contributed by atoms with Crippen LogP contribution in [0.25, 0.3) is 0 Å². The minimum Gasteiger partial charge on any atom is -0.459 e. The van der Waals surface area contributed by atoms with Crippen LogP contribution in [0, 0.1) is 10.8 Å². The molecule has 2 aromatic rings. The molecule has 0 spiro atoms. The number of carbonyl (C=O) groups is 5. The Hall–Kier alpha value is -4.85. The van der Waals surface area contributed by atoms with Crippen molar-refractivity contribution in [2.45, 2.75) is 93.3 Å². The van der Waals surface area contributed by atoms with Gasteiger partial charge >= 0.3 is 30.2 Å². The second kappa shape index (κ2) is 17.4. The summed E-state index contributed by atoms with van der Waals surface area (Å²) in [5.41, 5.74) is 2.63. The highest BCUT2D eigenvalue weighted by Crippen LogP contribution is 2.23. The number of carbonyl (C=O) groups excluding carboxylic acids is 5. The second-order valence-electron chi connectivity index (χ2n) is 15.3. The average molecular weight is 713 g/mol. The summed E-state index contributed by atoms with van der Waals surface area (Å²) in [5, 5.41) is 3.58. The first-order valence-corrected chi connectivity index (χ1v) is 16.9. The number of esters is 2. The summed E-state index contributed by atoms with van der Waals surface area (Å²) in [5.74, 6) is -0.690. The fourth-order valence-corrected chi connectivity index (χ4v) is 4.39. The van der Waals surface area contributed by atoms with Gasteiger partial charge in [-0.05, 0) is 73.4 Å². The highest BCUT2D eigenvalue weighted by molar-refractivity contribution is 5.77. The zero-order chi connectivity index (χ0) is 38.0. The number of nitrogens with one attached hydrogen (secondary N) is 1. The predicted octanol–water partition coefficient (Wildman–Crippen LogP) is 5.85. The van der Waals surface area contributed by atoms with Crippen LogP contribution < -0.4 is 5.43 Å². The maximum absolute atomic E-state index is 12.6. The summed E-state index contributed by atoms with van der Waals surface area (Å²) in [6.45, 7) is 16.8. The Morgan fingerprint density at radius 3 is 1.49 bits per heavy atom. The predicted molar refractivity (Wildman–Crippen MR) is 186 cm³/mol. The third-order valence-electron chi connectivity index (χ3n) is 7.16. The van der Waals surface area contributed by atoms with Crippen LogP contribution in [0.15, 0.2) is 60.7 Å². The van der Waals surface area contributed by atoms with Crippen LogP contribution in [-0.4, -0.2) is 89.2 Å². The topological polar surface area (TPSA) is 153 Å². The minimum atomic E-state index is -0.739. The summed E-state index contributed by atoms with van der Waals surface area (Å²) in [6, 6.07) is 18.7. The smallest absolute Gasteiger partial charge is 0.429 e. The van der Waals surface area contributed by atoms with Gasteiger partial charge < -0.3 is 23.7 Å². The summed E-state index contributed by atoms with van der Waals surface area (Å²) >= 11 is 0. The number of hydrazine groups is 2. The van der Waals surface area contributed by atoms with Crippen molar-refractivity contribution in [2.24, 2.45) is 10.8 Å². The summed E-state index contributed by atoms with van der Waals surface area (Å²) in [4.78, 5) is 61.2. The number of benzene rings is 2. The van der Waals surface area contributed by atoms with Gasteiger partial charge in [0.15, 0.2) is 0 Å². The highest BCUT2D eigenvalue weighted by Gasteiger charge is 2.42. The van der Waals surface area contributed by atoms with Crippen LogP contribution in [0.2, 0.25) is 0 Å². The van der Waals surface area contributed by atoms with Gasteiger partial charge in [-0.25, -0.2) is 34.8 Å². The number of hydrogen-bond acceptors (Lipinski definition) is 11. The van der Waals surface area contributed by atoms with E-state index in [-0.39, 0.29) is 44.9 Å². The van der Waals surface area contributed by atoms with E-state index < -0.39 is 46.8 Å². The standard InChI is InChI=1S/C21H30N2O6.C16H22N2O4/c1-20(2,3)17(24)28-16-12-22(23(13-16)19(26)29-21(4,5)6)18(25)27-14-15-10-8-7-9-11-15;1-16(2,3)14(19)22-13-9-17-18(10-13)15(20)21-11-12-7-5-4-6-8-12/h7-11,16H,12-14H2,1-6H3;4-8,13,17H,9-11H2,1-3H3. The molecule has 3 amide bonds. The van der Waals surface area contributed by atoms with Crippen molar-refractivity contribution < 1.29 is 47.7 Å². The Morgan fingerprint density at radius 2 is 1.04 bits per heavy atom. The van der Waals surface area contributed by atoms with Gasteiger partial charge in [0.2, 0.25) is 0 Å². The summed E-state index contributed by atoms with van der Waals surface area (Å²) in [7, 11) is 0. The third kappa shape index (κ3) is 13.4. The monoisotopic (exact) mass is 712 g/mol. The van der Waals surface area contributed by atoms with E-state index in [0.29, 0.717) is 6.54 Å². The quantitative estimate of drug-likeness (QED) is 0.284. The van der Waals surface area contributed by atoms with Gasteiger partial charge in [-0.15, -0.1) is 0 Å². The second-order valence-corrected chi connectivity index (χ2v) is 15.3. The van der Waals surface area contributed by atoms with Crippen molar-refractivity contribution in [2.75, 3.05) is 26.2 Å². The molecule has 2 aromatic carbocycles. The van der Waals surface area contributed by atoms with Gasteiger partial charge in [0.05, 0.1) is 37.0 Å². The molecule has 0 radical (unpaired) electrons. The Labute approximate surface area is 300 Å². The van der Waals surface area contributed by atoms with Crippen molar-refractivity contribution in [1.82, 2.24) is 20.5 Å². The molecule has 2 aliphatic rings. The fourth-order valence-electron chi connectivity index (χ4n) is 4.39. The van der Waals surface area contributed by atoms with Crippen LogP contribution in [0.1, 0.15) is 73.4 Å². The van der Waals surface area contributed by atoms with Gasteiger partial charge in [0, 0.05) is 0 Å². The molecule has 0 aliphatic carbocycles. The van der Waals surface area contributed by atoms with E-state index >= 15 is 0 Å². The van der Waals surface area contributed by atoms with E-state index in [1.807, 2.05) is 60.7 Å². The minimum absolute atomic E-state index is 0.00862. The maximum Gasteiger partial charge on any atom is 0.429 e. The normalized spacial score (nSPS) is 17.5. The average Bonchev–Trinajstić information content (AvgIpc) is 3.70. The summed E-state index contributed by atoms with van der Waals surface area (Å²) < 4.78 is 26.8. The molecule has 4 rings (SSSR count). The molecule has 14 nitrogen and oxygen atoms in total. The lowest BCUT2D eigenvalue weighted by Gasteiger charge is -2.29. The van der Waals surface area contributed by atoms with Crippen molar-refractivity contribution in [3.05, 3.63) is 71.8 Å². The van der Waals surface area contributed by atoms with E-state index in [1.165, 1.54) is 5.01 Å². The molecular formula is C37H52N4O10. The molecule has 51 heavy (non-hydrogen) atoms. The van der Waals surface area contributed by atoms with Crippen LogP contribution >= 0.6 is 0 Å². The van der Waals surface area contributed by atoms with Gasteiger partial charge in [0.1, 0.15) is 31.0 Å². The Kier molecular flexibility index (Phi) is 13.8. The number of hydrogen-bond donors (Lipinski definition) is 1. The first-order valence-electron chi connectivity index (χ1n) is 16.9. The van der Waals surface area contributed by atoms with E-state index in [2.05, 4.69) is 5.43 Å². The van der Waals surface area contributed by atoms with E-state index in [0.717, 1.165) is 21.1 Å². The lowest BCUT2D eigenvalue weighted by Crippen LogP contribution is -2.47. The first kappa shape index (κ1) is 40.6. The molecule has 14 heteroatoms. The van der Waals surface area contributed by atoms with Gasteiger partial charge in [0.25, 0.3) is 0 Å². The number of rotatable bonds is 6. The molecule has 2 saturated heterocycles. The third-order valence-corrected chi connectivity index (χ3v) is 7.16. The Balaban J connectivity index is 0.000000286. The zero-order valence-corrected chi connectivity index (χ0v) is 31.1. The van der Waals surface area contributed by atoms with Crippen LogP contribution in [0.4, 0.5) is 14.4 Å². The molecule has 2 atom stereocenters. The van der Waals surface area contributed by atoms with E-state index in [9.17, 15) is 24.0 Å². The van der Waals surface area contributed by atoms with Crippen molar-refractivity contribution >= 4 is 30.2 Å². The van der Waals surface area contributed by atoms with Crippen molar-refractivity contribution in [3.63, 3.8) is 0 Å². The van der Waals surface area contributed by atoms with Crippen molar-refractivity contribution in [3.8, 4) is 0 Å². The van der Waals surface area contributed by atoms with Crippen LogP contribution in [-0.2, 0) is 46.5 Å². The largest absolute Gasteiger partial charge is 0.459 e. The molecule has 2 heterocycles. The molecule has 2 aliphatic heterocycles. The van der Waals surface area contributed by atoms with Gasteiger partial charge in [-0.1, -0.05) is 60.7 Å². The molecule has 2 fully saturated rings. The van der Waals surface area contributed by atoms with Crippen LogP contribution in [0.5, 0.6) is 0 Å². The number of ether oxygens (including phenoxy) is 5. The molecule has 1 N–H and O–H groups in total. The lowest BCUT2D eigenvalue weighted by molar-refractivity contribution is -0.158. The molecule has 0 saturated carbocycles. The Bertz CT molecular complexity index is 1480. The fraction of sp³-hybridized carbons (Fsp3) is 0.541. The van der Waals surface area contributed by atoms with Crippen molar-refractivity contribution in [1.29, 1.82) is 0 Å². The Morgan fingerprint density at radius 1 is 0.608 bits per heavy atom. The van der Waals surface area contributed by atoms with Crippen LogP contribution in [0.3, 0.4) is 0 Å². The maximum atomic E-state index is 12.6. The lowest BCUT2D eigenvalue weighted by atomic mass is 9.97. The summed E-state index contributed by atoms with van der Waals surface area (Å²) in [6.07, 6.45) is -2.91.